The van der Waals surface area contributed by atoms with Gasteiger partial charge in [-0.05, 0) is 63.7 Å². The summed E-state index contributed by atoms with van der Waals surface area (Å²) in [7, 11) is 0. The molecule has 1 N–H and O–H groups in total. The zero-order valence-corrected chi connectivity index (χ0v) is 18.6. The summed E-state index contributed by atoms with van der Waals surface area (Å²) in [6.07, 6.45) is -0.241. The Kier molecular flexibility index (Phi) is 4.28. The highest BCUT2D eigenvalue weighted by Crippen LogP contribution is 2.72. The van der Waals surface area contributed by atoms with Gasteiger partial charge >= 0.3 is 0 Å². The van der Waals surface area contributed by atoms with Gasteiger partial charge in [0.05, 0.1) is 12.2 Å². The molecule has 0 radical (unpaired) electrons. The predicted molar refractivity (Wildman–Crippen MR) is 108 cm³/mol. The van der Waals surface area contributed by atoms with Gasteiger partial charge in [-0.25, -0.2) is 8.78 Å². The molecule has 0 aromatic rings. The normalized spacial score (nSPS) is 53.0. The second kappa shape index (κ2) is 6.21. The minimum atomic E-state index is -2.26. The van der Waals surface area contributed by atoms with Gasteiger partial charge in [0, 0.05) is 16.7 Å². The second-order valence-corrected chi connectivity index (χ2v) is 10.9. The van der Waals surface area contributed by atoms with Gasteiger partial charge in [0.2, 0.25) is 5.78 Å². The molecule has 4 fully saturated rings. The van der Waals surface area contributed by atoms with Gasteiger partial charge in [-0.1, -0.05) is 13.0 Å². The van der Waals surface area contributed by atoms with Gasteiger partial charge < -0.3 is 14.6 Å². The fourth-order valence-electron chi connectivity index (χ4n) is 7.82. The Morgan fingerprint density at radius 1 is 1.22 bits per heavy atom. The maximum Gasteiger partial charge on any atom is 0.230 e. The van der Waals surface area contributed by atoms with Crippen LogP contribution in [0.3, 0.4) is 0 Å². The summed E-state index contributed by atoms with van der Waals surface area (Å²) in [6.45, 7) is 6.52. The number of allylic oxidation sites excluding steroid dienone is 4. The van der Waals surface area contributed by atoms with Gasteiger partial charge in [0.1, 0.15) is 6.17 Å². The van der Waals surface area contributed by atoms with Gasteiger partial charge in [-0.2, -0.15) is 0 Å². The first-order valence-corrected chi connectivity index (χ1v) is 11.1. The average Bonchev–Trinajstić information content (AvgIpc) is 3.11. The van der Waals surface area contributed by atoms with Crippen molar-refractivity contribution < 1.29 is 37.7 Å². The number of carbonyl (C=O) groups is 3. The molecule has 174 valence electrons. The predicted octanol–water partition coefficient (Wildman–Crippen LogP) is 2.57. The standard InChI is InChI=1S/C24H28F2O6/c1-20(2)31-19-9-13-14-8-16(25)15-7-12(28)5-6-21(15,3)23(14,26)17(29)10-22(13,4)24(19,32-20)18(30)11-27/h5-7,11,13-14,16-17,19,29H,8-10H2,1-4H3/t13?,14-,16-,17-,19+,21-,22-,23-,24+/m0/s1. The zero-order chi connectivity index (χ0) is 23.5. The lowest BCUT2D eigenvalue weighted by Crippen LogP contribution is -2.71. The summed E-state index contributed by atoms with van der Waals surface area (Å²) >= 11 is 0. The molecule has 5 aliphatic rings. The van der Waals surface area contributed by atoms with E-state index in [9.17, 15) is 19.5 Å². The summed E-state index contributed by atoms with van der Waals surface area (Å²) < 4.78 is 44.7. The third-order valence-electron chi connectivity index (χ3n) is 9.09. The summed E-state index contributed by atoms with van der Waals surface area (Å²) in [5.74, 6) is -3.91. The molecule has 0 bridgehead atoms. The lowest BCUT2D eigenvalue weighted by atomic mass is 9.44. The van der Waals surface area contributed by atoms with Gasteiger partial charge in [0.15, 0.2) is 29.1 Å². The molecular weight excluding hydrogens is 422 g/mol. The first kappa shape index (κ1) is 22.0. The Labute approximate surface area is 185 Å². The van der Waals surface area contributed by atoms with Crippen LogP contribution in [0.1, 0.15) is 47.0 Å². The SMILES string of the molecule is CC1(C)O[C@@H]2CC3[C@@H]4C[C@H](F)C5=CC(=O)C=C[C@]5(C)[C@@]4(F)[C@@H](O)C[C@]3(C)[C@]2(C(=O)C=O)O1. The quantitative estimate of drug-likeness (QED) is 0.514. The molecule has 3 saturated carbocycles. The molecule has 4 aliphatic carbocycles. The number of ketones is 2. The molecule has 0 aromatic heterocycles. The highest BCUT2D eigenvalue weighted by molar-refractivity contribution is 6.29. The molecule has 9 atom stereocenters. The number of hydrogen-bond acceptors (Lipinski definition) is 6. The maximum atomic E-state index is 17.1. The van der Waals surface area contributed by atoms with Crippen LogP contribution in [-0.4, -0.2) is 58.4 Å². The van der Waals surface area contributed by atoms with Gasteiger partial charge in [-0.15, -0.1) is 0 Å². The molecule has 6 nitrogen and oxygen atoms in total. The maximum absolute atomic E-state index is 17.1. The Balaban J connectivity index is 1.67. The molecule has 1 unspecified atom stereocenters. The number of Topliss-reactive ketones (excluding diaryl/α,β-unsaturated/α-hetero) is 1. The Hall–Kier alpha value is -1.77. The first-order chi connectivity index (χ1) is 14.8. The number of halogens is 2. The van der Waals surface area contributed by atoms with E-state index in [4.69, 9.17) is 9.47 Å². The number of carbonyl (C=O) groups excluding carboxylic acids is 3. The zero-order valence-electron chi connectivity index (χ0n) is 18.6. The molecule has 1 aliphatic heterocycles. The molecule has 1 heterocycles. The average molecular weight is 450 g/mol. The molecular formula is C24H28F2O6. The lowest BCUT2D eigenvalue weighted by Gasteiger charge is -2.63. The Bertz CT molecular complexity index is 989. The van der Waals surface area contributed by atoms with Crippen LogP contribution in [0.25, 0.3) is 0 Å². The number of aliphatic hydroxyl groups is 1. The summed E-state index contributed by atoms with van der Waals surface area (Å²) in [5.41, 5.74) is -6.55. The van der Waals surface area contributed by atoms with E-state index in [0.29, 0.717) is 0 Å². The topological polar surface area (TPSA) is 89.9 Å². The number of ether oxygens (including phenoxy) is 2. The van der Waals surface area contributed by atoms with Crippen molar-refractivity contribution in [2.45, 2.75) is 82.4 Å². The van der Waals surface area contributed by atoms with Crippen LogP contribution in [0.5, 0.6) is 0 Å². The van der Waals surface area contributed by atoms with E-state index >= 15 is 8.78 Å². The largest absolute Gasteiger partial charge is 0.390 e. The van der Waals surface area contributed by atoms with Crippen molar-refractivity contribution in [2.24, 2.45) is 22.7 Å². The molecule has 5 rings (SSSR count). The number of aliphatic hydroxyl groups excluding tert-OH is 1. The van der Waals surface area contributed by atoms with Crippen LogP contribution in [0, 0.1) is 22.7 Å². The number of aldehydes is 1. The highest BCUT2D eigenvalue weighted by atomic mass is 19.1. The first-order valence-electron chi connectivity index (χ1n) is 11.1. The molecule has 1 saturated heterocycles. The van der Waals surface area contributed by atoms with Crippen molar-refractivity contribution in [3.63, 3.8) is 0 Å². The van der Waals surface area contributed by atoms with Crippen molar-refractivity contribution in [2.75, 3.05) is 0 Å². The van der Waals surface area contributed by atoms with Crippen LogP contribution in [-0.2, 0) is 23.9 Å². The molecule has 0 spiro atoms. The Morgan fingerprint density at radius 3 is 2.56 bits per heavy atom. The van der Waals surface area contributed by atoms with E-state index < -0.39 is 69.7 Å². The van der Waals surface area contributed by atoms with E-state index in [1.165, 1.54) is 19.1 Å². The van der Waals surface area contributed by atoms with Crippen molar-refractivity contribution in [3.05, 3.63) is 23.8 Å². The lowest BCUT2D eigenvalue weighted by molar-refractivity contribution is -0.247. The summed E-state index contributed by atoms with van der Waals surface area (Å²) in [5, 5.41) is 11.3. The fourth-order valence-corrected chi connectivity index (χ4v) is 7.82. The third-order valence-corrected chi connectivity index (χ3v) is 9.09. The molecule has 32 heavy (non-hydrogen) atoms. The van der Waals surface area contributed by atoms with Crippen LogP contribution in [0.2, 0.25) is 0 Å². The third kappa shape index (κ3) is 2.26. The van der Waals surface area contributed by atoms with Gasteiger partial charge in [0.25, 0.3) is 0 Å². The number of fused-ring (bicyclic) bond motifs is 7. The van der Waals surface area contributed by atoms with Crippen LogP contribution in [0.15, 0.2) is 23.8 Å². The van der Waals surface area contributed by atoms with Crippen LogP contribution < -0.4 is 0 Å². The minimum Gasteiger partial charge on any atom is -0.390 e. The molecule has 8 heteroatoms. The van der Waals surface area contributed by atoms with E-state index in [1.54, 1.807) is 20.8 Å². The van der Waals surface area contributed by atoms with Crippen molar-refractivity contribution >= 4 is 17.9 Å². The van der Waals surface area contributed by atoms with Crippen molar-refractivity contribution in [3.8, 4) is 0 Å². The number of hydrogen-bond donors (Lipinski definition) is 1. The smallest absolute Gasteiger partial charge is 0.230 e. The Morgan fingerprint density at radius 2 is 1.91 bits per heavy atom. The van der Waals surface area contributed by atoms with E-state index in [2.05, 4.69) is 0 Å². The second-order valence-electron chi connectivity index (χ2n) is 10.9. The van der Waals surface area contributed by atoms with Crippen molar-refractivity contribution in [1.82, 2.24) is 0 Å². The fraction of sp³-hybridized carbons (Fsp3) is 0.708. The highest BCUT2D eigenvalue weighted by Gasteiger charge is 2.80. The van der Waals surface area contributed by atoms with E-state index in [-0.39, 0.29) is 31.1 Å². The molecule has 0 aromatic carbocycles. The monoisotopic (exact) mass is 450 g/mol. The number of alkyl halides is 2. The van der Waals surface area contributed by atoms with Crippen LogP contribution >= 0.6 is 0 Å². The molecule has 0 amide bonds. The number of rotatable bonds is 2. The van der Waals surface area contributed by atoms with E-state index in [0.717, 1.165) is 6.08 Å². The van der Waals surface area contributed by atoms with Gasteiger partial charge in [-0.3, -0.25) is 14.4 Å². The summed E-state index contributed by atoms with van der Waals surface area (Å²) in [4.78, 5) is 36.6. The van der Waals surface area contributed by atoms with Crippen LogP contribution in [0.4, 0.5) is 8.78 Å². The minimum absolute atomic E-state index is 0.0388. The summed E-state index contributed by atoms with van der Waals surface area (Å²) in [6, 6.07) is 0. The van der Waals surface area contributed by atoms with Crippen molar-refractivity contribution in [1.29, 1.82) is 0 Å². The van der Waals surface area contributed by atoms with E-state index in [1.807, 2.05) is 0 Å².